The van der Waals surface area contributed by atoms with Gasteiger partial charge in [-0.25, -0.2) is 0 Å². The Labute approximate surface area is 125 Å². The van der Waals surface area contributed by atoms with E-state index in [2.05, 4.69) is 35.8 Å². The van der Waals surface area contributed by atoms with Crippen molar-refractivity contribution in [3.05, 3.63) is 95.1 Å². The standard InChI is InChI=1S/C21H14/c1-3-8-18(9-4-1)14-16-20-12-7-13-21(20)17-15-19-10-5-2-6-11-19/h1-6,8-13H,7H2. The van der Waals surface area contributed by atoms with Gasteiger partial charge in [-0.3, -0.25) is 0 Å². The molecule has 1 aliphatic rings. The van der Waals surface area contributed by atoms with Gasteiger partial charge in [0.25, 0.3) is 0 Å². The monoisotopic (exact) mass is 266 g/mol. The summed E-state index contributed by atoms with van der Waals surface area (Å²) in [6.45, 7) is 0. The van der Waals surface area contributed by atoms with Gasteiger partial charge >= 0.3 is 0 Å². The third-order valence-electron chi connectivity index (χ3n) is 3.16. The first kappa shape index (κ1) is 13.0. The molecule has 2 aromatic rings. The van der Waals surface area contributed by atoms with Crippen LogP contribution in [0.3, 0.4) is 0 Å². The summed E-state index contributed by atoms with van der Waals surface area (Å²) in [5.74, 6) is 12.8. The fraction of sp³-hybridized carbons (Fsp3) is 0.0476. The third-order valence-corrected chi connectivity index (χ3v) is 3.16. The van der Waals surface area contributed by atoms with Crippen LogP contribution in [-0.2, 0) is 0 Å². The maximum atomic E-state index is 3.22. The van der Waals surface area contributed by atoms with Crippen molar-refractivity contribution in [2.75, 3.05) is 0 Å². The van der Waals surface area contributed by atoms with Crippen LogP contribution in [0.5, 0.6) is 0 Å². The van der Waals surface area contributed by atoms with E-state index in [9.17, 15) is 0 Å². The zero-order valence-electron chi connectivity index (χ0n) is 11.6. The third kappa shape index (κ3) is 3.53. The summed E-state index contributed by atoms with van der Waals surface area (Å²) < 4.78 is 0. The predicted molar refractivity (Wildman–Crippen MR) is 87.4 cm³/mol. The van der Waals surface area contributed by atoms with Crippen LogP contribution >= 0.6 is 0 Å². The van der Waals surface area contributed by atoms with Crippen LogP contribution in [0.4, 0.5) is 0 Å². The molecule has 0 aliphatic heterocycles. The lowest BCUT2D eigenvalue weighted by atomic mass is 10.1. The Kier molecular flexibility index (Phi) is 4.02. The van der Waals surface area contributed by atoms with Crippen LogP contribution in [0.2, 0.25) is 0 Å². The molecule has 0 radical (unpaired) electrons. The molecule has 0 spiro atoms. The highest BCUT2D eigenvalue weighted by molar-refractivity contribution is 5.60. The van der Waals surface area contributed by atoms with Gasteiger partial charge in [0.15, 0.2) is 0 Å². The van der Waals surface area contributed by atoms with Crippen molar-refractivity contribution in [3.8, 4) is 23.7 Å². The second-order valence-corrected chi connectivity index (χ2v) is 4.70. The molecule has 0 atom stereocenters. The Bertz CT molecular complexity index is 727. The Morgan fingerprint density at radius 3 is 1.38 bits per heavy atom. The van der Waals surface area contributed by atoms with Crippen LogP contribution in [0.15, 0.2) is 84.0 Å². The molecule has 0 bridgehead atoms. The van der Waals surface area contributed by atoms with Crippen molar-refractivity contribution in [3.63, 3.8) is 0 Å². The lowest BCUT2D eigenvalue weighted by Gasteiger charge is -1.92. The van der Waals surface area contributed by atoms with E-state index in [1.54, 1.807) is 0 Å². The highest BCUT2D eigenvalue weighted by Crippen LogP contribution is 2.18. The highest BCUT2D eigenvalue weighted by atomic mass is 14.1. The van der Waals surface area contributed by atoms with E-state index in [1.807, 2.05) is 60.7 Å². The summed E-state index contributed by atoms with van der Waals surface area (Å²) in [7, 11) is 0. The van der Waals surface area contributed by atoms with E-state index >= 15 is 0 Å². The second-order valence-electron chi connectivity index (χ2n) is 4.70. The molecule has 0 saturated heterocycles. The minimum Gasteiger partial charge on any atom is -0.0637 e. The summed E-state index contributed by atoms with van der Waals surface area (Å²) in [4.78, 5) is 0. The zero-order chi connectivity index (χ0) is 14.3. The summed E-state index contributed by atoms with van der Waals surface area (Å²) in [6, 6.07) is 20.1. The van der Waals surface area contributed by atoms with Gasteiger partial charge in [0.1, 0.15) is 0 Å². The average Bonchev–Trinajstić information content (AvgIpc) is 3.00. The molecule has 0 N–H and O–H groups in total. The number of hydrogen-bond donors (Lipinski definition) is 0. The van der Waals surface area contributed by atoms with Gasteiger partial charge in [0.05, 0.1) is 0 Å². The molecule has 98 valence electrons. The topological polar surface area (TPSA) is 0 Å². The van der Waals surface area contributed by atoms with E-state index < -0.39 is 0 Å². The van der Waals surface area contributed by atoms with Gasteiger partial charge < -0.3 is 0 Å². The summed E-state index contributed by atoms with van der Waals surface area (Å²) in [6.07, 6.45) is 5.17. The molecule has 0 heteroatoms. The largest absolute Gasteiger partial charge is 0.0637 e. The van der Waals surface area contributed by atoms with Crippen molar-refractivity contribution < 1.29 is 0 Å². The Morgan fingerprint density at radius 2 is 0.952 bits per heavy atom. The smallest absolute Gasteiger partial charge is 0.0365 e. The molecule has 0 aromatic heterocycles. The molecule has 3 rings (SSSR count). The number of allylic oxidation sites excluding steroid dienone is 4. The molecule has 0 fully saturated rings. The van der Waals surface area contributed by atoms with Crippen LogP contribution < -0.4 is 0 Å². The van der Waals surface area contributed by atoms with Crippen LogP contribution in [0, 0.1) is 23.7 Å². The van der Waals surface area contributed by atoms with E-state index in [0.717, 1.165) is 28.7 Å². The van der Waals surface area contributed by atoms with E-state index in [4.69, 9.17) is 0 Å². The zero-order valence-corrected chi connectivity index (χ0v) is 11.6. The highest BCUT2D eigenvalue weighted by Gasteiger charge is 2.04. The van der Waals surface area contributed by atoms with Crippen molar-refractivity contribution >= 4 is 0 Å². The van der Waals surface area contributed by atoms with E-state index in [-0.39, 0.29) is 0 Å². The molecule has 2 aromatic carbocycles. The van der Waals surface area contributed by atoms with Gasteiger partial charge in [-0.2, -0.15) is 0 Å². The van der Waals surface area contributed by atoms with Gasteiger partial charge in [-0.05, 0) is 30.7 Å². The van der Waals surface area contributed by atoms with Crippen molar-refractivity contribution in [2.45, 2.75) is 6.42 Å². The second kappa shape index (κ2) is 6.47. The Balaban J connectivity index is 1.78. The molecular formula is C21H14. The first-order valence-corrected chi connectivity index (χ1v) is 6.97. The van der Waals surface area contributed by atoms with Crippen molar-refractivity contribution in [1.29, 1.82) is 0 Å². The first-order chi connectivity index (χ1) is 10.4. The van der Waals surface area contributed by atoms with Gasteiger partial charge in [0.2, 0.25) is 0 Å². The molecule has 0 unspecified atom stereocenters. The minimum atomic E-state index is 0.914. The molecule has 0 amide bonds. The SMILES string of the molecule is C(#Cc1ccccc1)C1=CCC=C1C#Cc1ccccc1. The van der Waals surface area contributed by atoms with Crippen molar-refractivity contribution in [2.24, 2.45) is 0 Å². The van der Waals surface area contributed by atoms with Gasteiger partial charge in [-0.15, -0.1) is 0 Å². The summed E-state index contributed by atoms with van der Waals surface area (Å²) in [5.41, 5.74) is 4.12. The van der Waals surface area contributed by atoms with Crippen LogP contribution in [0.25, 0.3) is 0 Å². The van der Waals surface area contributed by atoms with Crippen LogP contribution in [-0.4, -0.2) is 0 Å². The minimum absolute atomic E-state index is 0.914. The van der Waals surface area contributed by atoms with Crippen molar-refractivity contribution in [1.82, 2.24) is 0 Å². The van der Waals surface area contributed by atoms with Gasteiger partial charge in [-0.1, -0.05) is 72.2 Å². The molecule has 1 aliphatic carbocycles. The Morgan fingerprint density at radius 1 is 0.524 bits per heavy atom. The lowest BCUT2D eigenvalue weighted by Crippen LogP contribution is -1.81. The molecule has 0 heterocycles. The Hall–Kier alpha value is -2.96. The summed E-state index contributed by atoms with van der Waals surface area (Å²) in [5, 5.41) is 0. The molecule has 0 nitrogen and oxygen atoms in total. The fourth-order valence-corrected chi connectivity index (χ4v) is 2.07. The number of benzene rings is 2. The number of hydrogen-bond acceptors (Lipinski definition) is 0. The maximum absolute atomic E-state index is 3.22. The van der Waals surface area contributed by atoms with E-state index in [1.165, 1.54) is 0 Å². The van der Waals surface area contributed by atoms with Gasteiger partial charge in [0, 0.05) is 22.3 Å². The molecule has 0 saturated carbocycles. The normalized spacial score (nSPS) is 12.4. The molecule has 21 heavy (non-hydrogen) atoms. The maximum Gasteiger partial charge on any atom is 0.0365 e. The van der Waals surface area contributed by atoms with E-state index in [0.29, 0.717) is 0 Å². The average molecular weight is 266 g/mol. The quantitative estimate of drug-likeness (QED) is 0.622. The molecular weight excluding hydrogens is 252 g/mol. The number of rotatable bonds is 0. The predicted octanol–water partition coefficient (Wildman–Crippen LogP) is 4.35. The van der Waals surface area contributed by atoms with Crippen LogP contribution in [0.1, 0.15) is 17.5 Å². The lowest BCUT2D eigenvalue weighted by molar-refractivity contribution is 1.44. The fourth-order valence-electron chi connectivity index (χ4n) is 2.07. The summed E-state index contributed by atoms with van der Waals surface area (Å²) >= 11 is 0. The first-order valence-electron chi connectivity index (χ1n) is 6.97.